The standard InChI is InChI=1S/C20H33N3O3/c1-3-21-19(23-15-20(9-12-24)10-14-25-16-20)22-11-6-13-26-18-8-5-4-7-17(18)2/h4-5,7-8,24H,3,6,9-16H2,1-2H3,(H2,21,22,23). The first-order valence-electron chi connectivity index (χ1n) is 9.58. The molecule has 1 aromatic carbocycles. The fourth-order valence-corrected chi connectivity index (χ4v) is 3.06. The molecule has 2 rings (SSSR count). The monoisotopic (exact) mass is 363 g/mol. The van der Waals surface area contributed by atoms with Crippen LogP contribution < -0.4 is 15.4 Å². The molecule has 1 fully saturated rings. The Hall–Kier alpha value is -1.79. The second-order valence-corrected chi connectivity index (χ2v) is 6.87. The van der Waals surface area contributed by atoms with Gasteiger partial charge in [0.2, 0.25) is 0 Å². The minimum absolute atomic E-state index is 0.0228. The van der Waals surface area contributed by atoms with Gasteiger partial charge in [-0.2, -0.15) is 0 Å². The van der Waals surface area contributed by atoms with Crippen molar-refractivity contribution in [3.05, 3.63) is 29.8 Å². The number of rotatable bonds is 10. The largest absolute Gasteiger partial charge is 0.493 e. The number of aliphatic hydroxyl groups is 1. The van der Waals surface area contributed by atoms with E-state index in [1.807, 2.05) is 18.2 Å². The zero-order valence-corrected chi connectivity index (χ0v) is 16.1. The summed E-state index contributed by atoms with van der Waals surface area (Å²) in [5.41, 5.74) is 1.13. The lowest BCUT2D eigenvalue weighted by molar-refractivity contribution is 0.131. The molecule has 1 saturated heterocycles. The third-order valence-electron chi connectivity index (χ3n) is 4.71. The van der Waals surface area contributed by atoms with Gasteiger partial charge in [-0.3, -0.25) is 4.99 Å². The molecule has 1 atom stereocenters. The Kier molecular flexibility index (Phi) is 8.71. The predicted octanol–water partition coefficient (Wildman–Crippen LogP) is 2.11. The Morgan fingerprint density at radius 2 is 2.19 bits per heavy atom. The van der Waals surface area contributed by atoms with Crippen molar-refractivity contribution >= 4 is 5.96 Å². The van der Waals surface area contributed by atoms with Crippen molar-refractivity contribution in [1.29, 1.82) is 0 Å². The lowest BCUT2D eigenvalue weighted by Crippen LogP contribution is -2.39. The van der Waals surface area contributed by atoms with Crippen LogP contribution in [0.15, 0.2) is 29.3 Å². The number of ether oxygens (including phenoxy) is 2. The Morgan fingerprint density at radius 1 is 1.35 bits per heavy atom. The molecule has 1 aromatic rings. The summed E-state index contributed by atoms with van der Waals surface area (Å²) in [5, 5.41) is 16.0. The average Bonchev–Trinajstić information content (AvgIpc) is 3.10. The Labute approximate surface area is 157 Å². The maximum absolute atomic E-state index is 9.33. The second kappa shape index (κ2) is 11.0. The van der Waals surface area contributed by atoms with E-state index in [1.165, 1.54) is 0 Å². The first-order chi connectivity index (χ1) is 12.7. The predicted molar refractivity (Wildman–Crippen MR) is 105 cm³/mol. The van der Waals surface area contributed by atoms with Gasteiger partial charge in [-0.1, -0.05) is 18.2 Å². The van der Waals surface area contributed by atoms with Crippen LogP contribution in [0, 0.1) is 12.3 Å². The van der Waals surface area contributed by atoms with Gasteiger partial charge in [-0.25, -0.2) is 0 Å². The van der Waals surface area contributed by atoms with Crippen molar-refractivity contribution in [1.82, 2.24) is 10.6 Å². The number of hydrogen-bond acceptors (Lipinski definition) is 4. The summed E-state index contributed by atoms with van der Waals surface area (Å²) in [7, 11) is 0. The summed E-state index contributed by atoms with van der Waals surface area (Å²) in [6.07, 6.45) is 2.59. The number of hydrogen-bond donors (Lipinski definition) is 3. The van der Waals surface area contributed by atoms with Crippen LogP contribution in [0.5, 0.6) is 5.75 Å². The van der Waals surface area contributed by atoms with Crippen molar-refractivity contribution in [2.45, 2.75) is 33.1 Å². The molecule has 0 aromatic heterocycles. The number of aryl methyl sites for hydroxylation is 1. The summed E-state index contributed by atoms with van der Waals surface area (Å²) in [4.78, 5) is 4.72. The number of para-hydroxylation sites is 1. The van der Waals surface area contributed by atoms with E-state index >= 15 is 0 Å². The fraction of sp³-hybridized carbons (Fsp3) is 0.650. The molecule has 0 bridgehead atoms. The van der Waals surface area contributed by atoms with Crippen LogP contribution >= 0.6 is 0 Å². The van der Waals surface area contributed by atoms with E-state index in [0.717, 1.165) is 56.2 Å². The van der Waals surface area contributed by atoms with E-state index in [9.17, 15) is 5.11 Å². The molecule has 26 heavy (non-hydrogen) atoms. The highest BCUT2D eigenvalue weighted by molar-refractivity contribution is 5.79. The number of nitrogens with one attached hydrogen (secondary N) is 2. The van der Waals surface area contributed by atoms with Crippen molar-refractivity contribution in [2.75, 3.05) is 46.1 Å². The Morgan fingerprint density at radius 3 is 2.88 bits per heavy atom. The summed E-state index contributed by atoms with van der Waals surface area (Å²) in [5.74, 6) is 1.76. The third kappa shape index (κ3) is 6.50. The lowest BCUT2D eigenvalue weighted by Gasteiger charge is -2.24. The quantitative estimate of drug-likeness (QED) is 0.337. The molecule has 3 N–H and O–H groups in total. The molecule has 1 heterocycles. The highest BCUT2D eigenvalue weighted by Crippen LogP contribution is 2.32. The molecule has 0 spiro atoms. The van der Waals surface area contributed by atoms with Gasteiger partial charge in [0, 0.05) is 31.7 Å². The van der Waals surface area contributed by atoms with Gasteiger partial charge in [0.05, 0.1) is 19.8 Å². The van der Waals surface area contributed by atoms with Crippen LogP contribution in [0.25, 0.3) is 0 Å². The molecule has 6 nitrogen and oxygen atoms in total. The van der Waals surface area contributed by atoms with E-state index in [0.29, 0.717) is 19.8 Å². The fourth-order valence-electron chi connectivity index (χ4n) is 3.06. The summed E-state index contributed by atoms with van der Waals surface area (Å²) >= 11 is 0. The van der Waals surface area contributed by atoms with E-state index in [4.69, 9.17) is 14.5 Å². The minimum atomic E-state index is -0.0228. The molecule has 1 aliphatic rings. The first-order valence-corrected chi connectivity index (χ1v) is 9.58. The number of aliphatic hydroxyl groups excluding tert-OH is 1. The van der Waals surface area contributed by atoms with Crippen molar-refractivity contribution < 1.29 is 14.6 Å². The Bertz CT molecular complexity index is 557. The second-order valence-electron chi connectivity index (χ2n) is 6.87. The molecule has 0 aliphatic carbocycles. The van der Waals surface area contributed by atoms with Crippen molar-refractivity contribution in [3.8, 4) is 5.75 Å². The molecular formula is C20H33N3O3. The van der Waals surface area contributed by atoms with Crippen molar-refractivity contribution in [3.63, 3.8) is 0 Å². The minimum Gasteiger partial charge on any atom is -0.493 e. The molecule has 0 saturated carbocycles. The van der Waals surface area contributed by atoms with Gasteiger partial charge >= 0.3 is 0 Å². The van der Waals surface area contributed by atoms with Crippen LogP contribution in [-0.4, -0.2) is 57.1 Å². The highest BCUT2D eigenvalue weighted by atomic mass is 16.5. The van der Waals surface area contributed by atoms with E-state index < -0.39 is 0 Å². The van der Waals surface area contributed by atoms with Crippen LogP contribution in [-0.2, 0) is 4.74 Å². The number of benzene rings is 1. The summed E-state index contributed by atoms with van der Waals surface area (Å²) in [6, 6.07) is 8.06. The van der Waals surface area contributed by atoms with Gasteiger partial charge in [-0.15, -0.1) is 0 Å². The summed E-state index contributed by atoms with van der Waals surface area (Å²) < 4.78 is 11.4. The van der Waals surface area contributed by atoms with Gasteiger partial charge in [-0.05, 0) is 44.7 Å². The lowest BCUT2D eigenvalue weighted by atomic mass is 9.84. The van der Waals surface area contributed by atoms with Gasteiger partial charge in [0.25, 0.3) is 0 Å². The van der Waals surface area contributed by atoms with Gasteiger partial charge in [0.1, 0.15) is 5.75 Å². The topological polar surface area (TPSA) is 75.1 Å². The van der Waals surface area contributed by atoms with Gasteiger partial charge < -0.3 is 25.2 Å². The first kappa shape index (κ1) is 20.5. The average molecular weight is 364 g/mol. The SMILES string of the molecule is CCNC(=NCC1(CCO)CCOC1)NCCCOc1ccccc1C. The van der Waals surface area contributed by atoms with E-state index in [2.05, 4.69) is 30.5 Å². The zero-order chi connectivity index (χ0) is 18.7. The molecule has 0 amide bonds. The van der Waals surface area contributed by atoms with E-state index in [1.54, 1.807) is 0 Å². The highest BCUT2D eigenvalue weighted by Gasteiger charge is 2.34. The number of guanidine groups is 1. The molecule has 6 heteroatoms. The van der Waals surface area contributed by atoms with Crippen LogP contribution in [0.4, 0.5) is 0 Å². The number of aliphatic imine (C=N–C) groups is 1. The maximum Gasteiger partial charge on any atom is 0.191 e. The molecule has 146 valence electrons. The third-order valence-corrected chi connectivity index (χ3v) is 4.71. The molecule has 0 radical (unpaired) electrons. The van der Waals surface area contributed by atoms with Crippen molar-refractivity contribution in [2.24, 2.45) is 10.4 Å². The van der Waals surface area contributed by atoms with Crippen LogP contribution in [0.1, 0.15) is 31.7 Å². The molecule has 1 unspecified atom stereocenters. The van der Waals surface area contributed by atoms with E-state index in [-0.39, 0.29) is 12.0 Å². The molecule has 1 aliphatic heterocycles. The Balaban J connectivity index is 1.75. The summed E-state index contributed by atoms with van der Waals surface area (Å²) in [6.45, 7) is 8.67. The zero-order valence-electron chi connectivity index (χ0n) is 16.1. The van der Waals surface area contributed by atoms with Gasteiger partial charge in [0.15, 0.2) is 5.96 Å². The smallest absolute Gasteiger partial charge is 0.191 e. The van der Waals surface area contributed by atoms with Crippen LogP contribution in [0.2, 0.25) is 0 Å². The number of nitrogens with zero attached hydrogens (tertiary/aromatic N) is 1. The maximum atomic E-state index is 9.33. The normalized spacial score (nSPS) is 20.2. The molecular weight excluding hydrogens is 330 g/mol. The van der Waals surface area contributed by atoms with Crippen LogP contribution in [0.3, 0.4) is 0 Å².